The third-order valence-corrected chi connectivity index (χ3v) is 2.61. The van der Waals surface area contributed by atoms with Crippen LogP contribution in [0.15, 0.2) is 30.5 Å². The molecule has 0 aliphatic carbocycles. The van der Waals surface area contributed by atoms with Gasteiger partial charge in [-0.2, -0.15) is 0 Å². The lowest BCUT2D eigenvalue weighted by Crippen LogP contribution is -2.15. The molecule has 21 heavy (non-hydrogen) atoms. The van der Waals surface area contributed by atoms with Crippen LogP contribution in [0.3, 0.4) is 0 Å². The number of carbonyl (C=O) groups excluding carboxylic acids is 2. The van der Waals surface area contributed by atoms with E-state index in [1.165, 1.54) is 24.4 Å². The first-order chi connectivity index (χ1) is 9.90. The summed E-state index contributed by atoms with van der Waals surface area (Å²) in [6, 6.07) is 4.93. The first kappa shape index (κ1) is 14.3. The largest absolute Gasteiger partial charge is 0.438 e. The van der Waals surface area contributed by atoms with Crippen LogP contribution < -0.4 is 21.9 Å². The molecule has 0 fully saturated rings. The van der Waals surface area contributed by atoms with Gasteiger partial charge >= 0.3 is 0 Å². The van der Waals surface area contributed by atoms with Gasteiger partial charge in [-0.1, -0.05) is 6.07 Å². The number of nitrogens with zero attached hydrogens (tertiary/aromatic N) is 1. The SMILES string of the molecule is NC(=O)c1cc(Oc2cccc(F)c2C(N)=O)ncc1N. The molecule has 0 bridgehead atoms. The monoisotopic (exact) mass is 290 g/mol. The summed E-state index contributed by atoms with van der Waals surface area (Å²) < 4.78 is 18.9. The van der Waals surface area contributed by atoms with E-state index in [-0.39, 0.29) is 22.9 Å². The van der Waals surface area contributed by atoms with E-state index in [1.807, 2.05) is 0 Å². The number of ether oxygens (including phenoxy) is 1. The summed E-state index contributed by atoms with van der Waals surface area (Å²) in [7, 11) is 0. The Kier molecular flexibility index (Phi) is 3.70. The maximum Gasteiger partial charge on any atom is 0.255 e. The summed E-state index contributed by atoms with van der Waals surface area (Å²) in [5.74, 6) is -2.80. The minimum absolute atomic E-state index is 0.00275. The molecular formula is C13H11FN4O3. The van der Waals surface area contributed by atoms with E-state index in [0.29, 0.717) is 0 Å². The van der Waals surface area contributed by atoms with Crippen molar-refractivity contribution in [3.8, 4) is 11.6 Å². The van der Waals surface area contributed by atoms with Gasteiger partial charge in [0.25, 0.3) is 11.8 Å². The molecule has 0 aliphatic rings. The summed E-state index contributed by atoms with van der Waals surface area (Å²) in [5, 5.41) is 0. The van der Waals surface area contributed by atoms with Gasteiger partial charge in [0.1, 0.15) is 17.1 Å². The van der Waals surface area contributed by atoms with Gasteiger partial charge in [0.15, 0.2) is 0 Å². The van der Waals surface area contributed by atoms with Crippen LogP contribution in [-0.2, 0) is 0 Å². The molecule has 1 aromatic carbocycles. The van der Waals surface area contributed by atoms with Gasteiger partial charge in [0.2, 0.25) is 5.88 Å². The zero-order chi connectivity index (χ0) is 15.6. The normalized spacial score (nSPS) is 10.1. The molecule has 0 atom stereocenters. The molecule has 2 aromatic rings. The zero-order valence-corrected chi connectivity index (χ0v) is 10.7. The summed E-state index contributed by atoms with van der Waals surface area (Å²) in [6.07, 6.45) is 1.17. The second kappa shape index (κ2) is 5.45. The van der Waals surface area contributed by atoms with Gasteiger partial charge in [-0.05, 0) is 12.1 Å². The summed E-state index contributed by atoms with van der Waals surface area (Å²) in [4.78, 5) is 26.2. The van der Waals surface area contributed by atoms with Crippen LogP contribution in [0.4, 0.5) is 10.1 Å². The Morgan fingerprint density at radius 1 is 1.19 bits per heavy atom. The Bertz CT molecular complexity index is 733. The second-order valence-corrected chi connectivity index (χ2v) is 4.05. The van der Waals surface area contributed by atoms with Crippen molar-refractivity contribution in [2.24, 2.45) is 11.5 Å². The topological polar surface area (TPSA) is 134 Å². The molecule has 0 aliphatic heterocycles. The number of hydrogen-bond acceptors (Lipinski definition) is 5. The highest BCUT2D eigenvalue weighted by molar-refractivity contribution is 5.98. The highest BCUT2D eigenvalue weighted by Crippen LogP contribution is 2.27. The molecule has 0 radical (unpaired) electrons. The van der Waals surface area contributed by atoms with E-state index in [9.17, 15) is 14.0 Å². The Morgan fingerprint density at radius 2 is 1.90 bits per heavy atom. The van der Waals surface area contributed by atoms with Gasteiger partial charge < -0.3 is 21.9 Å². The van der Waals surface area contributed by atoms with Crippen LogP contribution in [0.2, 0.25) is 0 Å². The molecule has 0 unspecified atom stereocenters. The van der Waals surface area contributed by atoms with E-state index >= 15 is 0 Å². The van der Waals surface area contributed by atoms with Crippen molar-refractivity contribution >= 4 is 17.5 Å². The number of nitrogens with two attached hydrogens (primary N) is 3. The summed E-state index contributed by atoms with van der Waals surface area (Å²) in [6.45, 7) is 0. The van der Waals surface area contributed by atoms with Crippen molar-refractivity contribution < 1.29 is 18.7 Å². The molecule has 1 aromatic heterocycles. The number of carbonyl (C=O) groups is 2. The standard InChI is InChI=1S/C13H11FN4O3/c14-7-2-1-3-9(11(7)13(17)20)21-10-4-6(12(16)19)8(15)5-18-10/h1-5H,15H2,(H2,16,19)(H2,17,20). The van der Waals surface area contributed by atoms with Crippen molar-refractivity contribution in [3.05, 3.63) is 47.4 Å². The average molecular weight is 290 g/mol. The molecule has 0 saturated heterocycles. The molecule has 108 valence electrons. The van der Waals surface area contributed by atoms with Crippen LogP contribution in [0.25, 0.3) is 0 Å². The Morgan fingerprint density at radius 3 is 2.52 bits per heavy atom. The van der Waals surface area contributed by atoms with Crippen LogP contribution >= 0.6 is 0 Å². The Balaban J connectivity index is 2.44. The number of pyridine rings is 1. The molecule has 8 heteroatoms. The van der Waals surface area contributed by atoms with E-state index < -0.39 is 23.2 Å². The zero-order valence-electron chi connectivity index (χ0n) is 10.7. The minimum atomic E-state index is -0.992. The summed E-state index contributed by atoms with van der Waals surface area (Å²) in [5.41, 5.74) is 15.4. The number of anilines is 1. The third kappa shape index (κ3) is 2.89. The van der Waals surface area contributed by atoms with Crippen molar-refractivity contribution in [2.75, 3.05) is 5.73 Å². The van der Waals surface area contributed by atoms with Crippen molar-refractivity contribution in [2.45, 2.75) is 0 Å². The number of aromatic nitrogens is 1. The van der Waals surface area contributed by atoms with Crippen LogP contribution in [0.5, 0.6) is 11.6 Å². The number of nitrogen functional groups attached to an aromatic ring is 1. The molecule has 6 N–H and O–H groups in total. The number of rotatable bonds is 4. The molecule has 0 spiro atoms. The number of halogens is 1. The lowest BCUT2D eigenvalue weighted by Gasteiger charge is -2.10. The van der Waals surface area contributed by atoms with E-state index in [2.05, 4.69) is 4.98 Å². The number of amides is 2. The highest BCUT2D eigenvalue weighted by atomic mass is 19.1. The van der Waals surface area contributed by atoms with Gasteiger partial charge in [-0.15, -0.1) is 0 Å². The predicted octanol–water partition coefficient (Wildman–Crippen LogP) is 0.793. The van der Waals surface area contributed by atoms with E-state index in [1.54, 1.807) is 0 Å². The first-order valence-corrected chi connectivity index (χ1v) is 5.71. The fraction of sp³-hybridized carbons (Fsp3) is 0. The van der Waals surface area contributed by atoms with Gasteiger partial charge in [-0.3, -0.25) is 9.59 Å². The molecular weight excluding hydrogens is 279 g/mol. The maximum atomic E-state index is 13.6. The van der Waals surface area contributed by atoms with Gasteiger partial charge in [0, 0.05) is 6.07 Å². The van der Waals surface area contributed by atoms with Gasteiger partial charge in [-0.25, -0.2) is 9.37 Å². The van der Waals surface area contributed by atoms with Gasteiger partial charge in [0.05, 0.1) is 17.4 Å². The Labute approximate surface area is 118 Å². The smallest absolute Gasteiger partial charge is 0.255 e. The number of benzene rings is 1. The molecule has 0 saturated carbocycles. The third-order valence-electron chi connectivity index (χ3n) is 2.61. The van der Waals surface area contributed by atoms with Crippen LogP contribution in [-0.4, -0.2) is 16.8 Å². The van der Waals surface area contributed by atoms with Crippen LogP contribution in [0.1, 0.15) is 20.7 Å². The number of hydrogen-bond donors (Lipinski definition) is 3. The highest BCUT2D eigenvalue weighted by Gasteiger charge is 2.17. The molecule has 1 heterocycles. The van der Waals surface area contributed by atoms with Crippen molar-refractivity contribution in [1.82, 2.24) is 4.98 Å². The quantitative estimate of drug-likeness (QED) is 0.765. The average Bonchev–Trinajstić information content (AvgIpc) is 2.40. The fourth-order valence-corrected chi connectivity index (χ4v) is 1.66. The lowest BCUT2D eigenvalue weighted by molar-refractivity contribution is 0.0987. The number of primary amides is 2. The minimum Gasteiger partial charge on any atom is -0.438 e. The van der Waals surface area contributed by atoms with Crippen LogP contribution in [0, 0.1) is 5.82 Å². The molecule has 2 amide bonds. The lowest BCUT2D eigenvalue weighted by atomic mass is 10.2. The second-order valence-electron chi connectivity index (χ2n) is 4.05. The molecule has 7 nitrogen and oxygen atoms in total. The van der Waals surface area contributed by atoms with E-state index in [0.717, 1.165) is 6.07 Å². The molecule has 2 rings (SSSR count). The predicted molar refractivity (Wildman–Crippen MR) is 72.2 cm³/mol. The summed E-state index contributed by atoms with van der Waals surface area (Å²) >= 11 is 0. The van der Waals surface area contributed by atoms with Crippen molar-refractivity contribution in [3.63, 3.8) is 0 Å². The van der Waals surface area contributed by atoms with E-state index in [4.69, 9.17) is 21.9 Å². The van der Waals surface area contributed by atoms with Crippen molar-refractivity contribution in [1.29, 1.82) is 0 Å². The fourth-order valence-electron chi connectivity index (χ4n) is 1.66. The first-order valence-electron chi connectivity index (χ1n) is 5.71. The maximum absolute atomic E-state index is 13.6. The Hall–Kier alpha value is -3.16.